The van der Waals surface area contributed by atoms with Crippen LogP contribution in [-0.4, -0.2) is 27.8 Å². The summed E-state index contributed by atoms with van der Waals surface area (Å²) in [6.07, 6.45) is 2.48. The summed E-state index contributed by atoms with van der Waals surface area (Å²) in [7, 11) is -2.03. The molecule has 0 aliphatic carbocycles. The molecule has 0 unspecified atom stereocenters. The van der Waals surface area contributed by atoms with Crippen LogP contribution in [0.25, 0.3) is 0 Å². The molecule has 1 aromatic carbocycles. The van der Waals surface area contributed by atoms with Gasteiger partial charge in [-0.05, 0) is 24.3 Å². The summed E-state index contributed by atoms with van der Waals surface area (Å²) >= 11 is 0. The number of hydrogen-bond acceptors (Lipinski definition) is 6. The minimum absolute atomic E-state index is 0.00928. The molecule has 2 aromatic rings. The number of ether oxygens (including phenoxy) is 2. The van der Waals surface area contributed by atoms with E-state index in [1.165, 1.54) is 31.6 Å². The minimum atomic E-state index is -3.30. The summed E-state index contributed by atoms with van der Waals surface area (Å²) < 4.78 is 38.2. The molecule has 0 saturated carbocycles. The van der Waals surface area contributed by atoms with E-state index < -0.39 is 15.8 Å². The Bertz CT molecular complexity index is 744. The van der Waals surface area contributed by atoms with Crippen molar-refractivity contribution in [2.24, 2.45) is 0 Å². The van der Waals surface area contributed by atoms with Gasteiger partial charge in [0, 0.05) is 6.26 Å². The third-order valence-corrected chi connectivity index (χ3v) is 3.86. The quantitative estimate of drug-likeness (QED) is 0.786. The van der Waals surface area contributed by atoms with E-state index in [1.54, 1.807) is 12.1 Å². The van der Waals surface area contributed by atoms with Crippen molar-refractivity contribution in [2.75, 3.05) is 13.4 Å². The van der Waals surface area contributed by atoms with E-state index in [4.69, 9.17) is 9.15 Å². The second-order valence-electron chi connectivity index (χ2n) is 4.28. The molecule has 0 N–H and O–H groups in total. The lowest BCUT2D eigenvalue weighted by Crippen LogP contribution is -2.05. The molecule has 0 aliphatic rings. The van der Waals surface area contributed by atoms with Gasteiger partial charge in [0.2, 0.25) is 0 Å². The second-order valence-corrected chi connectivity index (χ2v) is 6.30. The first-order chi connectivity index (χ1) is 9.91. The first-order valence-electron chi connectivity index (χ1n) is 5.99. The fourth-order valence-electron chi connectivity index (χ4n) is 1.69. The largest absolute Gasteiger partial charge is 0.486 e. The molecule has 1 heterocycles. The zero-order valence-electron chi connectivity index (χ0n) is 11.5. The first kappa shape index (κ1) is 15.1. The molecule has 0 aliphatic heterocycles. The van der Waals surface area contributed by atoms with Crippen molar-refractivity contribution in [1.82, 2.24) is 0 Å². The molecule has 2 rings (SSSR count). The van der Waals surface area contributed by atoms with Crippen LogP contribution in [0.2, 0.25) is 0 Å². The Morgan fingerprint density at radius 1 is 1.29 bits per heavy atom. The molecule has 1 aromatic heterocycles. The van der Waals surface area contributed by atoms with Crippen molar-refractivity contribution in [3.05, 3.63) is 47.9 Å². The van der Waals surface area contributed by atoms with E-state index in [2.05, 4.69) is 4.74 Å². The molecule has 0 atom stereocenters. The number of rotatable bonds is 5. The second kappa shape index (κ2) is 6.01. The number of esters is 1. The van der Waals surface area contributed by atoms with Crippen molar-refractivity contribution in [3.63, 3.8) is 0 Å². The van der Waals surface area contributed by atoms with Crippen LogP contribution in [-0.2, 0) is 21.2 Å². The van der Waals surface area contributed by atoms with Gasteiger partial charge in [-0.25, -0.2) is 13.2 Å². The number of carbonyl (C=O) groups excluding carboxylic acids is 1. The SMILES string of the molecule is COC(=O)c1ccoc1COc1cccc(S(C)(=O)=O)c1. The van der Waals surface area contributed by atoms with Crippen LogP contribution >= 0.6 is 0 Å². The Hall–Kier alpha value is -2.28. The summed E-state index contributed by atoms with van der Waals surface area (Å²) in [6, 6.07) is 7.58. The van der Waals surface area contributed by atoms with Gasteiger partial charge in [0.05, 0.1) is 18.3 Å². The average molecular weight is 310 g/mol. The van der Waals surface area contributed by atoms with Crippen molar-refractivity contribution in [3.8, 4) is 5.75 Å². The van der Waals surface area contributed by atoms with Crippen molar-refractivity contribution < 1.29 is 27.1 Å². The Morgan fingerprint density at radius 2 is 2.05 bits per heavy atom. The average Bonchev–Trinajstić information content (AvgIpc) is 2.92. The molecule has 21 heavy (non-hydrogen) atoms. The molecule has 0 radical (unpaired) electrons. The number of benzene rings is 1. The number of carbonyl (C=O) groups is 1. The fraction of sp³-hybridized carbons (Fsp3) is 0.214. The van der Waals surface area contributed by atoms with Crippen LogP contribution in [0.1, 0.15) is 16.1 Å². The van der Waals surface area contributed by atoms with Crippen LogP contribution in [0.3, 0.4) is 0 Å². The lowest BCUT2D eigenvalue weighted by Gasteiger charge is -2.07. The van der Waals surface area contributed by atoms with Gasteiger partial charge in [-0.3, -0.25) is 0 Å². The summed E-state index contributed by atoms with van der Waals surface area (Å²) in [6.45, 7) is -0.00928. The van der Waals surface area contributed by atoms with E-state index >= 15 is 0 Å². The highest BCUT2D eigenvalue weighted by Crippen LogP contribution is 2.20. The Morgan fingerprint density at radius 3 is 2.71 bits per heavy atom. The summed E-state index contributed by atoms with van der Waals surface area (Å²) in [4.78, 5) is 11.6. The third kappa shape index (κ3) is 3.63. The third-order valence-electron chi connectivity index (χ3n) is 2.75. The molecule has 0 amide bonds. The molecule has 112 valence electrons. The van der Waals surface area contributed by atoms with Crippen LogP contribution in [0.5, 0.6) is 5.75 Å². The van der Waals surface area contributed by atoms with Crippen LogP contribution in [0.4, 0.5) is 0 Å². The van der Waals surface area contributed by atoms with E-state index in [0.29, 0.717) is 11.5 Å². The Labute approximate surface area is 122 Å². The molecule has 6 nitrogen and oxygen atoms in total. The Kier molecular flexibility index (Phi) is 4.32. The minimum Gasteiger partial charge on any atom is -0.486 e. The van der Waals surface area contributed by atoms with Crippen LogP contribution in [0.15, 0.2) is 45.9 Å². The lowest BCUT2D eigenvalue weighted by atomic mass is 10.2. The van der Waals surface area contributed by atoms with Gasteiger partial charge >= 0.3 is 5.97 Å². The zero-order chi connectivity index (χ0) is 15.5. The van der Waals surface area contributed by atoms with Gasteiger partial charge in [-0.2, -0.15) is 0 Å². The van der Waals surface area contributed by atoms with Gasteiger partial charge in [0.15, 0.2) is 15.6 Å². The van der Waals surface area contributed by atoms with E-state index in [-0.39, 0.29) is 17.1 Å². The molecule has 0 fully saturated rings. The lowest BCUT2D eigenvalue weighted by molar-refractivity contribution is 0.0595. The van der Waals surface area contributed by atoms with E-state index in [0.717, 1.165) is 6.26 Å². The zero-order valence-corrected chi connectivity index (χ0v) is 12.3. The number of hydrogen-bond donors (Lipinski definition) is 0. The Balaban J connectivity index is 2.14. The van der Waals surface area contributed by atoms with Crippen LogP contribution in [0, 0.1) is 0 Å². The highest BCUT2D eigenvalue weighted by Gasteiger charge is 2.16. The topological polar surface area (TPSA) is 82.8 Å². The molecular formula is C14H14O6S. The maximum Gasteiger partial charge on any atom is 0.341 e. The predicted octanol–water partition coefficient (Wildman–Crippen LogP) is 2.05. The van der Waals surface area contributed by atoms with Gasteiger partial charge < -0.3 is 13.9 Å². The van der Waals surface area contributed by atoms with E-state index in [1.807, 2.05) is 0 Å². The first-order valence-corrected chi connectivity index (χ1v) is 7.88. The monoisotopic (exact) mass is 310 g/mol. The van der Waals surface area contributed by atoms with Gasteiger partial charge in [0.1, 0.15) is 17.9 Å². The maximum absolute atomic E-state index is 11.5. The number of methoxy groups -OCH3 is 1. The number of furan rings is 1. The van der Waals surface area contributed by atoms with Crippen molar-refractivity contribution in [1.29, 1.82) is 0 Å². The van der Waals surface area contributed by atoms with Crippen LogP contribution < -0.4 is 4.74 Å². The highest BCUT2D eigenvalue weighted by atomic mass is 32.2. The summed E-state index contributed by atoms with van der Waals surface area (Å²) in [5.74, 6) is 0.156. The standard InChI is InChI=1S/C14H14O6S/c1-18-14(15)12-6-7-19-13(12)9-20-10-4-3-5-11(8-10)21(2,16)17/h3-8H,9H2,1-2H3. The molecular weight excluding hydrogens is 296 g/mol. The normalized spacial score (nSPS) is 11.1. The molecule has 0 spiro atoms. The number of sulfone groups is 1. The van der Waals surface area contributed by atoms with Gasteiger partial charge in [0.25, 0.3) is 0 Å². The van der Waals surface area contributed by atoms with E-state index in [9.17, 15) is 13.2 Å². The maximum atomic E-state index is 11.5. The highest BCUT2D eigenvalue weighted by molar-refractivity contribution is 7.90. The van der Waals surface area contributed by atoms with Crippen molar-refractivity contribution >= 4 is 15.8 Å². The molecule has 0 saturated heterocycles. The fourth-order valence-corrected chi connectivity index (χ4v) is 2.34. The van der Waals surface area contributed by atoms with Gasteiger partial charge in [-0.15, -0.1) is 0 Å². The molecule has 0 bridgehead atoms. The summed E-state index contributed by atoms with van der Waals surface area (Å²) in [5, 5.41) is 0. The smallest absolute Gasteiger partial charge is 0.341 e. The van der Waals surface area contributed by atoms with Gasteiger partial charge in [-0.1, -0.05) is 6.07 Å². The van der Waals surface area contributed by atoms with Crippen molar-refractivity contribution in [2.45, 2.75) is 11.5 Å². The summed E-state index contributed by atoms with van der Waals surface area (Å²) in [5.41, 5.74) is 0.275. The molecule has 7 heteroatoms. The predicted molar refractivity (Wildman–Crippen MR) is 73.9 cm³/mol.